The highest BCUT2D eigenvalue weighted by Gasteiger charge is 2.25. The van der Waals surface area contributed by atoms with Gasteiger partial charge in [-0.3, -0.25) is 5.01 Å². The molecule has 3 rings (SSSR count). The summed E-state index contributed by atoms with van der Waals surface area (Å²) in [5.41, 5.74) is 3.72. The fourth-order valence-electron chi connectivity index (χ4n) is 3.55. The van der Waals surface area contributed by atoms with E-state index in [-0.39, 0.29) is 5.41 Å². The molecule has 0 saturated carbocycles. The number of nitrogens with zero attached hydrogens (tertiary/aromatic N) is 2. The van der Waals surface area contributed by atoms with Crippen LogP contribution in [0.1, 0.15) is 37.8 Å². The molecule has 1 unspecified atom stereocenters. The lowest BCUT2D eigenvalue weighted by molar-refractivity contribution is 0.473. The zero-order chi connectivity index (χ0) is 20.7. The van der Waals surface area contributed by atoms with Crippen LogP contribution in [-0.2, 0) is 5.41 Å². The van der Waals surface area contributed by atoms with Crippen LogP contribution < -0.4 is 9.75 Å². The largest absolute Gasteiger partial charge is 0.455 e. The molecule has 0 saturated heterocycles. The molecule has 3 aromatic carbocycles. The Kier molecular flexibility index (Phi) is 6.71. The molecule has 0 bridgehead atoms. The van der Waals surface area contributed by atoms with Crippen LogP contribution in [0.3, 0.4) is 0 Å². The number of hydrazone groups is 1. The van der Waals surface area contributed by atoms with Crippen molar-refractivity contribution in [2.75, 3.05) is 12.1 Å². The molecular formula is C26H30N2O. The first-order valence-electron chi connectivity index (χ1n) is 10.2. The first kappa shape index (κ1) is 20.7. The van der Waals surface area contributed by atoms with Gasteiger partial charge in [-0.1, -0.05) is 68.4 Å². The molecule has 3 nitrogen and oxygen atoms in total. The second-order valence-corrected chi connectivity index (χ2v) is 7.64. The molecule has 0 aliphatic heterocycles. The topological polar surface area (TPSA) is 24.8 Å². The Bertz CT molecular complexity index is 952. The summed E-state index contributed by atoms with van der Waals surface area (Å²) in [7, 11) is 1.96. The average molecular weight is 387 g/mol. The van der Waals surface area contributed by atoms with Gasteiger partial charge in [0.2, 0.25) is 0 Å². The summed E-state index contributed by atoms with van der Waals surface area (Å²) in [6, 6.07) is 26.4. The lowest BCUT2D eigenvalue weighted by Crippen LogP contribution is -2.23. The molecule has 0 N–H and O–H groups in total. The Morgan fingerprint density at radius 2 is 1.59 bits per heavy atom. The van der Waals surface area contributed by atoms with Crippen LogP contribution in [0.25, 0.3) is 0 Å². The minimum Gasteiger partial charge on any atom is -0.455 e. The van der Waals surface area contributed by atoms with E-state index in [0.717, 1.165) is 30.0 Å². The Morgan fingerprint density at radius 1 is 0.931 bits per heavy atom. The van der Waals surface area contributed by atoms with E-state index in [9.17, 15) is 0 Å². The summed E-state index contributed by atoms with van der Waals surface area (Å²) in [4.78, 5) is 0. The minimum absolute atomic E-state index is 0.0652. The maximum Gasteiger partial charge on any atom is 0.152 e. The fourth-order valence-corrected chi connectivity index (χ4v) is 3.55. The fraction of sp³-hybridized carbons (Fsp3) is 0.269. The summed E-state index contributed by atoms with van der Waals surface area (Å²) < 4.78 is 6.07. The molecule has 0 spiro atoms. The monoisotopic (exact) mass is 386 g/mol. The third-order valence-electron chi connectivity index (χ3n) is 5.56. The van der Waals surface area contributed by atoms with Crippen molar-refractivity contribution >= 4 is 11.9 Å². The van der Waals surface area contributed by atoms with Gasteiger partial charge in [0.05, 0.1) is 0 Å². The first-order valence-corrected chi connectivity index (χ1v) is 10.2. The molecule has 0 aromatic heterocycles. The zero-order valence-electron chi connectivity index (χ0n) is 17.8. The van der Waals surface area contributed by atoms with Crippen LogP contribution in [0, 0.1) is 6.92 Å². The molecule has 0 amide bonds. The van der Waals surface area contributed by atoms with Gasteiger partial charge in [-0.25, -0.2) is 0 Å². The van der Waals surface area contributed by atoms with Crippen molar-refractivity contribution < 1.29 is 4.74 Å². The maximum absolute atomic E-state index is 6.07. The second-order valence-electron chi connectivity index (χ2n) is 7.64. The van der Waals surface area contributed by atoms with Crippen LogP contribution in [0.5, 0.6) is 11.5 Å². The van der Waals surface area contributed by atoms with Crippen molar-refractivity contribution in [2.24, 2.45) is 5.10 Å². The summed E-state index contributed by atoms with van der Waals surface area (Å²) in [6.07, 6.45) is 3.96. The molecule has 0 aliphatic carbocycles. The molecule has 0 radical (unpaired) electrons. The standard InChI is InChI=1S/C26H30N2O/c1-5-26(3,23-16-10-9-13-21(23)2)19-20-27-28(4)24-17-11-12-18-25(24)29-22-14-7-6-8-15-22/h6-18,20H,5,19H2,1-4H3/b27-20+. The number of hydrogen-bond donors (Lipinski definition) is 0. The molecule has 29 heavy (non-hydrogen) atoms. The number of anilines is 1. The van der Waals surface area contributed by atoms with Crippen molar-refractivity contribution in [2.45, 2.75) is 39.0 Å². The summed E-state index contributed by atoms with van der Waals surface area (Å²) in [6.45, 7) is 6.74. The van der Waals surface area contributed by atoms with E-state index in [0.29, 0.717) is 0 Å². The van der Waals surface area contributed by atoms with E-state index < -0.39 is 0 Å². The number of hydrogen-bond acceptors (Lipinski definition) is 3. The SMILES string of the molecule is CCC(C)(C/C=N/N(C)c1ccccc1Oc1ccccc1)c1ccccc1C. The zero-order valence-corrected chi connectivity index (χ0v) is 17.8. The van der Waals surface area contributed by atoms with Crippen LogP contribution in [0.2, 0.25) is 0 Å². The predicted octanol–water partition coefficient (Wildman–Crippen LogP) is 6.97. The Morgan fingerprint density at radius 3 is 2.31 bits per heavy atom. The van der Waals surface area contributed by atoms with Gasteiger partial charge in [-0.05, 0) is 60.6 Å². The van der Waals surface area contributed by atoms with E-state index in [1.807, 2.05) is 72.9 Å². The lowest BCUT2D eigenvalue weighted by atomic mass is 9.76. The average Bonchev–Trinajstić information content (AvgIpc) is 2.75. The van der Waals surface area contributed by atoms with E-state index in [4.69, 9.17) is 9.84 Å². The molecule has 150 valence electrons. The van der Waals surface area contributed by atoms with Crippen LogP contribution in [0.15, 0.2) is 84.0 Å². The third kappa shape index (κ3) is 5.05. The van der Waals surface area contributed by atoms with Crippen molar-refractivity contribution in [3.63, 3.8) is 0 Å². The number of ether oxygens (including phenoxy) is 1. The normalized spacial score (nSPS) is 13.2. The van der Waals surface area contributed by atoms with Crippen molar-refractivity contribution in [3.8, 4) is 11.5 Å². The summed E-state index contributed by atoms with van der Waals surface area (Å²) >= 11 is 0. The highest BCUT2D eigenvalue weighted by molar-refractivity contribution is 5.65. The molecule has 3 heteroatoms. The minimum atomic E-state index is 0.0652. The van der Waals surface area contributed by atoms with E-state index in [1.54, 1.807) is 0 Å². The highest BCUT2D eigenvalue weighted by atomic mass is 16.5. The van der Waals surface area contributed by atoms with E-state index in [1.165, 1.54) is 11.1 Å². The van der Waals surface area contributed by atoms with Gasteiger partial charge < -0.3 is 4.74 Å². The molecule has 3 aromatic rings. The van der Waals surface area contributed by atoms with Gasteiger partial charge in [-0.2, -0.15) is 5.10 Å². The lowest BCUT2D eigenvalue weighted by Gasteiger charge is -2.29. The number of aryl methyl sites for hydroxylation is 1. The Labute approximate surface area is 174 Å². The molecule has 0 aliphatic rings. The quantitative estimate of drug-likeness (QED) is 0.308. The van der Waals surface area contributed by atoms with Gasteiger partial charge in [0.1, 0.15) is 11.4 Å². The smallest absolute Gasteiger partial charge is 0.152 e. The van der Waals surface area contributed by atoms with Gasteiger partial charge in [0.15, 0.2) is 5.75 Å². The van der Waals surface area contributed by atoms with Crippen molar-refractivity contribution in [1.29, 1.82) is 0 Å². The highest BCUT2D eigenvalue weighted by Crippen LogP contribution is 2.34. The van der Waals surface area contributed by atoms with E-state index in [2.05, 4.69) is 45.0 Å². The predicted molar refractivity (Wildman–Crippen MR) is 123 cm³/mol. The maximum atomic E-state index is 6.07. The molecule has 0 heterocycles. The van der Waals surface area contributed by atoms with Gasteiger partial charge >= 0.3 is 0 Å². The van der Waals surface area contributed by atoms with Crippen LogP contribution in [-0.4, -0.2) is 13.3 Å². The van der Waals surface area contributed by atoms with E-state index >= 15 is 0 Å². The van der Waals surface area contributed by atoms with Gasteiger partial charge in [-0.15, -0.1) is 0 Å². The molecular weight excluding hydrogens is 356 g/mol. The summed E-state index contributed by atoms with van der Waals surface area (Å²) in [5, 5.41) is 6.59. The van der Waals surface area contributed by atoms with Crippen molar-refractivity contribution in [1.82, 2.24) is 0 Å². The number of para-hydroxylation sites is 3. The molecule has 0 fully saturated rings. The molecule has 1 atom stereocenters. The Balaban J connectivity index is 1.75. The van der Waals surface area contributed by atoms with Crippen LogP contribution in [0.4, 0.5) is 5.69 Å². The number of benzene rings is 3. The second kappa shape index (κ2) is 9.42. The van der Waals surface area contributed by atoms with Gasteiger partial charge in [0, 0.05) is 13.3 Å². The summed E-state index contributed by atoms with van der Waals surface area (Å²) in [5.74, 6) is 1.60. The van der Waals surface area contributed by atoms with Crippen LogP contribution >= 0.6 is 0 Å². The Hall–Kier alpha value is -3.07. The first-order chi connectivity index (χ1) is 14.0. The number of rotatable bonds is 8. The third-order valence-corrected chi connectivity index (χ3v) is 5.56. The van der Waals surface area contributed by atoms with Crippen molar-refractivity contribution in [3.05, 3.63) is 90.0 Å². The van der Waals surface area contributed by atoms with Gasteiger partial charge in [0.25, 0.3) is 0 Å².